The smallest absolute Gasteiger partial charge is 0.303 e. The van der Waals surface area contributed by atoms with Crippen molar-refractivity contribution in [2.24, 2.45) is 5.92 Å². The Hall–Kier alpha value is -3.09. The average Bonchev–Trinajstić information content (AvgIpc) is 3.19. The highest BCUT2D eigenvalue weighted by molar-refractivity contribution is 5.95. The van der Waals surface area contributed by atoms with Gasteiger partial charge in [-0.05, 0) is 36.5 Å². The number of carboxylic acid groups (broad SMARTS) is 1. The maximum absolute atomic E-state index is 12.8. The van der Waals surface area contributed by atoms with Gasteiger partial charge in [-0.1, -0.05) is 44.2 Å². The zero-order valence-electron chi connectivity index (χ0n) is 16.1. The number of benzene rings is 1. The molecule has 0 saturated heterocycles. The first kappa shape index (κ1) is 21.2. The van der Waals surface area contributed by atoms with Crippen molar-refractivity contribution in [1.82, 2.24) is 10.6 Å². The van der Waals surface area contributed by atoms with Crippen molar-refractivity contribution < 1.29 is 23.9 Å². The van der Waals surface area contributed by atoms with Gasteiger partial charge < -0.3 is 20.2 Å². The number of carbonyl (C=O) groups excluding carboxylic acids is 2. The van der Waals surface area contributed by atoms with E-state index in [4.69, 9.17) is 9.52 Å². The maximum atomic E-state index is 12.8. The molecule has 7 heteroatoms. The molecule has 2 unspecified atom stereocenters. The fourth-order valence-electron chi connectivity index (χ4n) is 2.87. The molecule has 0 spiro atoms. The molecular weight excluding hydrogens is 360 g/mol. The molecule has 0 fully saturated rings. The summed E-state index contributed by atoms with van der Waals surface area (Å²) >= 11 is 0. The minimum atomic E-state index is -0.918. The number of furan rings is 1. The number of hydrogen-bond acceptors (Lipinski definition) is 4. The zero-order chi connectivity index (χ0) is 20.5. The number of carboxylic acids is 1. The van der Waals surface area contributed by atoms with Gasteiger partial charge in [0.25, 0.3) is 5.91 Å². The lowest BCUT2D eigenvalue weighted by Gasteiger charge is -2.25. The molecule has 28 heavy (non-hydrogen) atoms. The molecule has 2 aromatic rings. The van der Waals surface area contributed by atoms with Gasteiger partial charge in [0.15, 0.2) is 5.76 Å². The number of aliphatic carboxylic acids is 1. The summed E-state index contributed by atoms with van der Waals surface area (Å²) in [4.78, 5) is 36.1. The molecule has 2 amide bonds. The Morgan fingerprint density at radius 1 is 1.04 bits per heavy atom. The van der Waals surface area contributed by atoms with Gasteiger partial charge in [-0.25, -0.2) is 0 Å². The van der Waals surface area contributed by atoms with Gasteiger partial charge in [-0.2, -0.15) is 0 Å². The van der Waals surface area contributed by atoms with Crippen LogP contribution in [0, 0.1) is 5.92 Å². The van der Waals surface area contributed by atoms with E-state index in [2.05, 4.69) is 10.6 Å². The standard InChI is InChI=1S/C21H26N2O5/c1-14(2)19(23-20(26)17-9-6-12-28-17)21(27)22-16(10-11-18(24)25)13-15-7-4-3-5-8-15/h3-9,12,14,16,19H,10-11,13H2,1-2H3,(H,22,27)(H,23,26)(H,24,25). The van der Waals surface area contributed by atoms with Gasteiger partial charge >= 0.3 is 5.97 Å². The molecule has 3 N–H and O–H groups in total. The minimum Gasteiger partial charge on any atom is -0.481 e. The average molecular weight is 386 g/mol. The topological polar surface area (TPSA) is 109 Å². The Labute approximate surface area is 164 Å². The van der Waals surface area contributed by atoms with Crippen LogP contribution in [0.4, 0.5) is 0 Å². The van der Waals surface area contributed by atoms with E-state index in [1.807, 2.05) is 44.2 Å². The largest absolute Gasteiger partial charge is 0.481 e. The van der Waals surface area contributed by atoms with Crippen LogP contribution in [-0.4, -0.2) is 35.0 Å². The molecule has 0 aliphatic heterocycles. The second-order valence-electron chi connectivity index (χ2n) is 7.00. The van der Waals surface area contributed by atoms with Gasteiger partial charge in [0, 0.05) is 12.5 Å². The fourth-order valence-corrected chi connectivity index (χ4v) is 2.87. The predicted octanol–water partition coefficient (Wildman–Crippen LogP) is 2.63. The van der Waals surface area contributed by atoms with Crippen LogP contribution in [0.1, 0.15) is 42.8 Å². The Morgan fingerprint density at radius 3 is 2.32 bits per heavy atom. The molecule has 0 saturated carbocycles. The van der Waals surface area contributed by atoms with Crippen molar-refractivity contribution in [1.29, 1.82) is 0 Å². The van der Waals surface area contributed by atoms with E-state index >= 15 is 0 Å². The molecule has 1 aromatic carbocycles. The lowest BCUT2D eigenvalue weighted by Crippen LogP contribution is -2.52. The summed E-state index contributed by atoms with van der Waals surface area (Å²) in [6.07, 6.45) is 2.15. The summed E-state index contributed by atoms with van der Waals surface area (Å²) < 4.78 is 5.07. The Bertz CT molecular complexity index is 771. The Morgan fingerprint density at radius 2 is 1.75 bits per heavy atom. The van der Waals surface area contributed by atoms with Crippen LogP contribution in [0.2, 0.25) is 0 Å². The van der Waals surface area contributed by atoms with E-state index in [0.717, 1.165) is 5.56 Å². The monoisotopic (exact) mass is 386 g/mol. The molecule has 0 aliphatic carbocycles. The van der Waals surface area contributed by atoms with Crippen LogP contribution in [0.15, 0.2) is 53.1 Å². The zero-order valence-corrected chi connectivity index (χ0v) is 16.1. The second kappa shape index (κ2) is 10.3. The Kier molecular flexibility index (Phi) is 7.80. The molecule has 150 valence electrons. The van der Waals surface area contributed by atoms with E-state index < -0.39 is 17.9 Å². The van der Waals surface area contributed by atoms with E-state index in [1.54, 1.807) is 6.07 Å². The van der Waals surface area contributed by atoms with Crippen molar-refractivity contribution in [2.75, 3.05) is 0 Å². The second-order valence-corrected chi connectivity index (χ2v) is 7.00. The number of carbonyl (C=O) groups is 3. The van der Waals surface area contributed by atoms with Crippen molar-refractivity contribution >= 4 is 17.8 Å². The summed E-state index contributed by atoms with van der Waals surface area (Å²) in [5.41, 5.74) is 0.999. The number of nitrogens with one attached hydrogen (secondary N) is 2. The predicted molar refractivity (Wildman–Crippen MR) is 104 cm³/mol. The van der Waals surface area contributed by atoms with Crippen LogP contribution in [0.3, 0.4) is 0 Å². The maximum Gasteiger partial charge on any atom is 0.303 e. The van der Waals surface area contributed by atoms with Gasteiger partial charge in [0.1, 0.15) is 6.04 Å². The molecule has 1 aromatic heterocycles. The van der Waals surface area contributed by atoms with Crippen LogP contribution < -0.4 is 10.6 Å². The first-order valence-electron chi connectivity index (χ1n) is 9.27. The molecular formula is C21H26N2O5. The van der Waals surface area contributed by atoms with Crippen LogP contribution in [-0.2, 0) is 16.0 Å². The molecule has 0 radical (unpaired) electrons. The number of rotatable bonds is 10. The van der Waals surface area contributed by atoms with Gasteiger partial charge in [0.2, 0.25) is 5.91 Å². The quantitative estimate of drug-likeness (QED) is 0.582. The third-order valence-corrected chi connectivity index (χ3v) is 4.36. The summed E-state index contributed by atoms with van der Waals surface area (Å²) in [6, 6.07) is 11.5. The lowest BCUT2D eigenvalue weighted by atomic mass is 9.99. The molecule has 0 aliphatic rings. The van der Waals surface area contributed by atoms with E-state index in [1.165, 1.54) is 12.3 Å². The SMILES string of the molecule is CC(C)C(NC(=O)c1ccco1)C(=O)NC(CCC(=O)O)Cc1ccccc1. The van der Waals surface area contributed by atoms with E-state index in [0.29, 0.717) is 12.8 Å². The molecule has 7 nitrogen and oxygen atoms in total. The molecule has 0 bridgehead atoms. The van der Waals surface area contributed by atoms with Crippen molar-refractivity contribution in [3.05, 3.63) is 60.1 Å². The summed E-state index contributed by atoms with van der Waals surface area (Å²) in [5, 5.41) is 14.6. The normalized spacial score (nSPS) is 13.0. The highest BCUT2D eigenvalue weighted by Gasteiger charge is 2.27. The first-order chi connectivity index (χ1) is 13.4. The molecule has 2 rings (SSSR count). The van der Waals surface area contributed by atoms with Crippen molar-refractivity contribution in [3.63, 3.8) is 0 Å². The van der Waals surface area contributed by atoms with Gasteiger partial charge in [0.05, 0.1) is 6.26 Å². The summed E-state index contributed by atoms with van der Waals surface area (Å²) in [5.74, 6) is -1.76. The number of hydrogen-bond donors (Lipinski definition) is 3. The van der Waals surface area contributed by atoms with Gasteiger partial charge in [-0.3, -0.25) is 14.4 Å². The highest BCUT2D eigenvalue weighted by atomic mass is 16.4. The third-order valence-electron chi connectivity index (χ3n) is 4.36. The van der Waals surface area contributed by atoms with E-state index in [9.17, 15) is 14.4 Å². The summed E-state index contributed by atoms with van der Waals surface area (Å²) in [6.45, 7) is 3.66. The Balaban J connectivity index is 2.06. The van der Waals surface area contributed by atoms with Crippen LogP contribution in [0.25, 0.3) is 0 Å². The lowest BCUT2D eigenvalue weighted by molar-refractivity contribution is -0.137. The minimum absolute atomic E-state index is 0.0527. The van der Waals surface area contributed by atoms with E-state index in [-0.39, 0.29) is 30.0 Å². The van der Waals surface area contributed by atoms with Crippen molar-refractivity contribution in [2.45, 2.75) is 45.2 Å². The third kappa shape index (κ3) is 6.57. The number of amides is 2. The van der Waals surface area contributed by atoms with Gasteiger partial charge in [-0.15, -0.1) is 0 Å². The summed E-state index contributed by atoms with van der Waals surface area (Å²) in [7, 11) is 0. The fraction of sp³-hybridized carbons (Fsp3) is 0.381. The molecule has 2 atom stereocenters. The van der Waals surface area contributed by atoms with Crippen molar-refractivity contribution in [3.8, 4) is 0 Å². The van der Waals surface area contributed by atoms with Crippen LogP contribution >= 0.6 is 0 Å². The first-order valence-corrected chi connectivity index (χ1v) is 9.27. The highest BCUT2D eigenvalue weighted by Crippen LogP contribution is 2.11. The molecule has 1 heterocycles. The van der Waals surface area contributed by atoms with Crippen LogP contribution in [0.5, 0.6) is 0 Å².